The maximum Gasteiger partial charge on any atom is 0.317 e. The van der Waals surface area contributed by atoms with Crippen molar-refractivity contribution in [3.63, 3.8) is 0 Å². The van der Waals surface area contributed by atoms with Crippen LogP contribution in [0, 0.1) is 0 Å². The van der Waals surface area contributed by atoms with E-state index < -0.39 is 0 Å². The van der Waals surface area contributed by atoms with Crippen molar-refractivity contribution in [2.24, 2.45) is 10.9 Å². The third kappa shape index (κ3) is 3.96. The van der Waals surface area contributed by atoms with Crippen LogP contribution in [-0.4, -0.2) is 41.1 Å². The van der Waals surface area contributed by atoms with Gasteiger partial charge in [0, 0.05) is 25.6 Å². The van der Waals surface area contributed by atoms with Crippen LogP contribution < -0.4 is 11.1 Å². The smallest absolute Gasteiger partial charge is 0.317 e. The fourth-order valence-corrected chi connectivity index (χ4v) is 1.80. The van der Waals surface area contributed by atoms with Gasteiger partial charge in [0.05, 0.1) is 0 Å². The zero-order chi connectivity index (χ0) is 12.0. The molecule has 0 bridgehead atoms. The van der Waals surface area contributed by atoms with Gasteiger partial charge in [-0.05, 0) is 26.2 Å². The Bertz CT molecular complexity index is 262. The van der Waals surface area contributed by atoms with Crippen molar-refractivity contribution >= 4 is 11.9 Å². The highest BCUT2D eigenvalue weighted by Crippen LogP contribution is 2.08. The number of likely N-dealkylation sites (tertiary alicyclic amines) is 1. The molecule has 4 N–H and O–H groups in total. The van der Waals surface area contributed by atoms with E-state index in [4.69, 9.17) is 10.9 Å². The Morgan fingerprint density at radius 3 is 2.69 bits per heavy atom. The minimum Gasteiger partial charge on any atom is -0.409 e. The Labute approximate surface area is 95.5 Å². The fourth-order valence-electron chi connectivity index (χ4n) is 1.80. The number of amides is 2. The summed E-state index contributed by atoms with van der Waals surface area (Å²) in [6.07, 6.45) is 3.70. The first-order valence-electron chi connectivity index (χ1n) is 5.65. The normalized spacial score (nSPS) is 19.3. The number of hydrogen-bond acceptors (Lipinski definition) is 3. The minimum atomic E-state index is -0.120. The molecular formula is C10H20N4O2. The number of nitrogens with zero attached hydrogens (tertiary/aromatic N) is 2. The first-order chi connectivity index (χ1) is 7.63. The number of oxime groups is 1. The second-order valence-electron chi connectivity index (χ2n) is 4.19. The van der Waals surface area contributed by atoms with Crippen molar-refractivity contribution in [2.75, 3.05) is 13.1 Å². The molecule has 2 amide bonds. The predicted molar refractivity (Wildman–Crippen MR) is 61.4 cm³/mol. The zero-order valence-electron chi connectivity index (χ0n) is 9.65. The fraction of sp³-hybridized carbons (Fsp3) is 0.800. The molecule has 6 heteroatoms. The lowest BCUT2D eigenvalue weighted by Gasteiger charge is -2.28. The van der Waals surface area contributed by atoms with Gasteiger partial charge in [0.25, 0.3) is 0 Å². The molecule has 1 unspecified atom stereocenters. The van der Waals surface area contributed by atoms with Gasteiger partial charge in [-0.15, -0.1) is 0 Å². The number of hydrogen-bond donors (Lipinski definition) is 3. The first-order valence-corrected chi connectivity index (χ1v) is 5.65. The quantitative estimate of drug-likeness (QED) is 0.287. The highest BCUT2D eigenvalue weighted by molar-refractivity contribution is 5.81. The molecule has 1 aliphatic rings. The molecule has 0 radical (unpaired) electrons. The van der Waals surface area contributed by atoms with Crippen molar-refractivity contribution in [3.8, 4) is 0 Å². The van der Waals surface area contributed by atoms with Crippen molar-refractivity contribution in [1.82, 2.24) is 10.2 Å². The van der Waals surface area contributed by atoms with Gasteiger partial charge in [-0.3, -0.25) is 0 Å². The van der Waals surface area contributed by atoms with Crippen LogP contribution in [-0.2, 0) is 0 Å². The summed E-state index contributed by atoms with van der Waals surface area (Å²) in [7, 11) is 0. The van der Waals surface area contributed by atoms with E-state index in [1.54, 1.807) is 0 Å². The van der Waals surface area contributed by atoms with E-state index in [1.807, 2.05) is 11.8 Å². The summed E-state index contributed by atoms with van der Waals surface area (Å²) in [6.45, 7) is 3.48. The van der Waals surface area contributed by atoms with E-state index in [-0.39, 0.29) is 17.9 Å². The number of nitrogens with two attached hydrogens (primary N) is 1. The largest absolute Gasteiger partial charge is 0.409 e. The molecule has 6 nitrogen and oxygen atoms in total. The number of carbonyl (C=O) groups excluding carboxylic acids is 1. The topological polar surface area (TPSA) is 91.0 Å². The highest BCUT2D eigenvalue weighted by Gasteiger charge is 2.18. The summed E-state index contributed by atoms with van der Waals surface area (Å²) >= 11 is 0. The van der Waals surface area contributed by atoms with E-state index in [9.17, 15) is 4.79 Å². The molecule has 0 spiro atoms. The molecule has 1 atom stereocenters. The summed E-state index contributed by atoms with van der Waals surface area (Å²) in [5.74, 6) is 0.131. The van der Waals surface area contributed by atoms with Crippen LogP contribution in [0.15, 0.2) is 5.16 Å². The van der Waals surface area contributed by atoms with Gasteiger partial charge < -0.3 is 21.2 Å². The minimum absolute atomic E-state index is 0.0575. The van der Waals surface area contributed by atoms with Crippen LogP contribution in [0.1, 0.15) is 32.6 Å². The number of nitrogens with one attached hydrogen (secondary N) is 1. The summed E-state index contributed by atoms with van der Waals surface area (Å²) in [5, 5.41) is 14.1. The Kier molecular flexibility index (Phi) is 4.88. The Balaban J connectivity index is 2.32. The number of piperidine rings is 1. The van der Waals surface area contributed by atoms with E-state index in [0.717, 1.165) is 25.9 Å². The summed E-state index contributed by atoms with van der Waals surface area (Å²) < 4.78 is 0. The molecule has 1 heterocycles. The number of carbonyl (C=O) groups is 1. The van der Waals surface area contributed by atoms with Gasteiger partial charge in [-0.25, -0.2) is 4.79 Å². The summed E-state index contributed by atoms with van der Waals surface area (Å²) in [6, 6.07) is -0.178. The second-order valence-corrected chi connectivity index (χ2v) is 4.19. The molecule has 0 saturated carbocycles. The van der Waals surface area contributed by atoms with Gasteiger partial charge >= 0.3 is 6.03 Å². The summed E-state index contributed by atoms with van der Waals surface area (Å²) in [4.78, 5) is 13.6. The van der Waals surface area contributed by atoms with Crippen LogP contribution >= 0.6 is 0 Å². The Morgan fingerprint density at radius 1 is 1.50 bits per heavy atom. The maximum absolute atomic E-state index is 11.7. The van der Waals surface area contributed by atoms with Crippen LogP contribution in [0.3, 0.4) is 0 Å². The predicted octanol–water partition coefficient (Wildman–Crippen LogP) is 0.707. The maximum atomic E-state index is 11.7. The van der Waals surface area contributed by atoms with Crippen LogP contribution in [0.25, 0.3) is 0 Å². The molecule has 0 aromatic rings. The lowest BCUT2D eigenvalue weighted by Crippen LogP contribution is -2.46. The van der Waals surface area contributed by atoms with E-state index >= 15 is 0 Å². The lowest BCUT2D eigenvalue weighted by atomic mass is 10.1. The number of amidine groups is 1. The third-order valence-corrected chi connectivity index (χ3v) is 2.66. The van der Waals surface area contributed by atoms with Gasteiger partial charge in [0.1, 0.15) is 5.84 Å². The van der Waals surface area contributed by atoms with Gasteiger partial charge in [0.2, 0.25) is 0 Å². The molecule has 0 aromatic heterocycles. The van der Waals surface area contributed by atoms with Crippen LogP contribution in [0.4, 0.5) is 4.79 Å². The van der Waals surface area contributed by atoms with Gasteiger partial charge in [-0.1, -0.05) is 5.16 Å². The Morgan fingerprint density at radius 2 is 2.12 bits per heavy atom. The number of rotatable bonds is 3. The average molecular weight is 228 g/mol. The monoisotopic (exact) mass is 228 g/mol. The molecular weight excluding hydrogens is 208 g/mol. The lowest BCUT2D eigenvalue weighted by molar-refractivity contribution is 0.183. The highest BCUT2D eigenvalue weighted by atomic mass is 16.4. The molecule has 1 aliphatic heterocycles. The standard InChI is InChI=1S/C10H20N4O2/c1-8(7-9(11)13-16)12-10(15)14-5-3-2-4-6-14/h8,16H,2-7H2,1H3,(H2,11,13)(H,12,15). The average Bonchev–Trinajstić information content (AvgIpc) is 2.29. The van der Waals surface area contributed by atoms with Crippen LogP contribution in [0.5, 0.6) is 0 Å². The third-order valence-electron chi connectivity index (χ3n) is 2.66. The molecule has 92 valence electrons. The van der Waals surface area contributed by atoms with E-state index in [1.165, 1.54) is 6.42 Å². The Hall–Kier alpha value is -1.46. The van der Waals surface area contributed by atoms with Crippen molar-refractivity contribution < 1.29 is 10.0 Å². The van der Waals surface area contributed by atoms with Crippen molar-refractivity contribution in [3.05, 3.63) is 0 Å². The zero-order valence-corrected chi connectivity index (χ0v) is 9.65. The van der Waals surface area contributed by atoms with E-state index in [0.29, 0.717) is 6.42 Å². The second kappa shape index (κ2) is 6.19. The molecule has 1 fully saturated rings. The van der Waals surface area contributed by atoms with Crippen LogP contribution in [0.2, 0.25) is 0 Å². The van der Waals surface area contributed by atoms with Gasteiger partial charge in [-0.2, -0.15) is 0 Å². The molecule has 16 heavy (non-hydrogen) atoms. The number of urea groups is 1. The molecule has 1 saturated heterocycles. The first kappa shape index (κ1) is 12.6. The summed E-state index contributed by atoms with van der Waals surface area (Å²) in [5.41, 5.74) is 5.36. The van der Waals surface area contributed by atoms with E-state index in [2.05, 4.69) is 10.5 Å². The van der Waals surface area contributed by atoms with Crippen molar-refractivity contribution in [2.45, 2.75) is 38.6 Å². The molecule has 0 aliphatic carbocycles. The van der Waals surface area contributed by atoms with Crippen molar-refractivity contribution in [1.29, 1.82) is 0 Å². The molecule has 1 rings (SSSR count). The SMILES string of the molecule is CC(CC(N)=NO)NC(=O)N1CCCCC1. The van der Waals surface area contributed by atoms with Gasteiger partial charge in [0.15, 0.2) is 0 Å². The molecule has 0 aromatic carbocycles.